The Labute approximate surface area is 116 Å². The fourth-order valence-corrected chi connectivity index (χ4v) is 3.69. The molecule has 2 atom stereocenters. The van der Waals surface area contributed by atoms with Gasteiger partial charge in [-0.15, -0.1) is 0 Å². The Balaban J connectivity index is 2.15. The Morgan fingerprint density at radius 3 is 2.63 bits per heavy atom. The number of hydrogen-bond donors (Lipinski definition) is 1. The van der Waals surface area contributed by atoms with E-state index in [1.165, 1.54) is 10.4 Å². The Morgan fingerprint density at radius 1 is 1.26 bits per heavy atom. The smallest absolute Gasteiger partial charge is 0.166 e. The average molecular weight is 298 g/mol. The van der Waals surface area contributed by atoms with Crippen molar-refractivity contribution in [3.8, 4) is 0 Å². The van der Waals surface area contributed by atoms with Gasteiger partial charge in [-0.1, -0.05) is 29.8 Å². The summed E-state index contributed by atoms with van der Waals surface area (Å²) in [4.78, 5) is -0.0132. The molecule has 0 radical (unpaired) electrons. The lowest BCUT2D eigenvalue weighted by Crippen LogP contribution is -2.23. The number of aliphatic hydroxyl groups excluding tert-OH is 1. The van der Waals surface area contributed by atoms with Gasteiger partial charge in [-0.3, -0.25) is 4.31 Å². The largest absolute Gasteiger partial charge is 0.368 e. The molecule has 3 nitrogen and oxygen atoms in total. The monoisotopic (exact) mass is 297 g/mol. The van der Waals surface area contributed by atoms with Gasteiger partial charge in [-0.2, -0.15) is 0 Å². The van der Waals surface area contributed by atoms with Crippen molar-refractivity contribution in [3.63, 3.8) is 0 Å². The molecule has 2 aromatic carbocycles. The maximum Gasteiger partial charge on any atom is 0.166 e. The molecule has 19 heavy (non-hydrogen) atoms. The van der Waals surface area contributed by atoms with Crippen LogP contribution in [0.25, 0.3) is 0 Å². The van der Waals surface area contributed by atoms with E-state index < -0.39 is 23.0 Å². The quantitative estimate of drug-likeness (QED) is 0.879. The first-order chi connectivity index (χ1) is 9.09. The van der Waals surface area contributed by atoms with Gasteiger partial charge in [0.05, 0.1) is 5.69 Å². The molecule has 1 heterocycles. The lowest BCUT2D eigenvalue weighted by Gasteiger charge is -2.20. The number of halogens is 2. The van der Waals surface area contributed by atoms with Crippen molar-refractivity contribution in [1.29, 1.82) is 0 Å². The maximum absolute atomic E-state index is 13.8. The molecule has 1 aliphatic rings. The summed E-state index contributed by atoms with van der Waals surface area (Å²) in [6.45, 7) is 0. The zero-order chi connectivity index (χ0) is 13.6. The van der Waals surface area contributed by atoms with Crippen LogP contribution in [0.15, 0.2) is 47.4 Å². The second-order valence-electron chi connectivity index (χ2n) is 4.09. The molecule has 0 bridgehead atoms. The number of benzene rings is 2. The molecule has 0 aromatic heterocycles. The molecule has 0 fully saturated rings. The highest BCUT2D eigenvalue weighted by atomic mass is 35.5. The van der Waals surface area contributed by atoms with Gasteiger partial charge in [0.1, 0.15) is 10.7 Å². The van der Waals surface area contributed by atoms with E-state index in [0.717, 1.165) is 6.07 Å². The van der Waals surface area contributed by atoms with Gasteiger partial charge in [0.25, 0.3) is 0 Å². The van der Waals surface area contributed by atoms with Gasteiger partial charge in [-0.05, 0) is 24.3 Å². The Morgan fingerprint density at radius 2 is 1.95 bits per heavy atom. The molecular formula is C13H9ClFNO2S. The summed E-state index contributed by atoms with van der Waals surface area (Å²) >= 11 is 5.77. The van der Waals surface area contributed by atoms with Crippen molar-refractivity contribution in [2.45, 2.75) is 11.1 Å². The van der Waals surface area contributed by atoms with Crippen molar-refractivity contribution in [2.24, 2.45) is 0 Å². The third kappa shape index (κ3) is 1.94. The fraction of sp³-hybridized carbons (Fsp3) is 0.0769. The van der Waals surface area contributed by atoms with Gasteiger partial charge in [0.15, 0.2) is 17.2 Å². The minimum absolute atomic E-state index is 0.0132. The third-order valence-electron chi connectivity index (χ3n) is 2.90. The van der Waals surface area contributed by atoms with Gasteiger partial charge < -0.3 is 5.11 Å². The van der Waals surface area contributed by atoms with Crippen LogP contribution in [0.3, 0.4) is 0 Å². The number of para-hydroxylation sites is 1. The molecule has 6 heteroatoms. The van der Waals surface area contributed by atoms with Gasteiger partial charge in [0, 0.05) is 10.6 Å². The standard InChI is InChI=1S/C13H9ClFNO2S/c14-8-6-10-12(11(15)7-8)19(18)16(13(10)17)9-4-2-1-3-5-9/h1-7,13,17H. The van der Waals surface area contributed by atoms with E-state index in [-0.39, 0.29) is 15.5 Å². The molecule has 2 aromatic rings. The highest BCUT2D eigenvalue weighted by molar-refractivity contribution is 7.86. The van der Waals surface area contributed by atoms with Crippen molar-refractivity contribution >= 4 is 28.3 Å². The highest BCUT2D eigenvalue weighted by Crippen LogP contribution is 2.41. The third-order valence-corrected chi connectivity index (χ3v) is 4.67. The normalized spacial score (nSPS) is 21.5. The van der Waals surface area contributed by atoms with Crippen LogP contribution in [-0.2, 0) is 11.0 Å². The SMILES string of the molecule is O=S1c2c(F)cc(Cl)cc2C(O)N1c1ccccc1. The van der Waals surface area contributed by atoms with E-state index in [0.29, 0.717) is 5.69 Å². The Bertz CT molecular complexity index is 665. The highest BCUT2D eigenvalue weighted by Gasteiger charge is 2.38. The number of hydrogen-bond acceptors (Lipinski definition) is 2. The Hall–Kier alpha value is -1.43. The summed E-state index contributed by atoms with van der Waals surface area (Å²) in [6.07, 6.45) is -1.17. The number of anilines is 1. The van der Waals surface area contributed by atoms with Gasteiger partial charge in [-0.25, -0.2) is 8.60 Å². The second-order valence-corrected chi connectivity index (χ2v) is 5.83. The summed E-state index contributed by atoms with van der Waals surface area (Å²) in [6, 6.07) is 11.3. The number of rotatable bonds is 1. The van der Waals surface area contributed by atoms with Gasteiger partial charge >= 0.3 is 0 Å². The summed E-state index contributed by atoms with van der Waals surface area (Å²) in [5, 5.41) is 10.4. The van der Waals surface area contributed by atoms with E-state index in [9.17, 15) is 13.7 Å². The van der Waals surface area contributed by atoms with Crippen LogP contribution >= 0.6 is 11.6 Å². The minimum atomic E-state index is -1.79. The van der Waals surface area contributed by atoms with Crippen molar-refractivity contribution in [1.82, 2.24) is 0 Å². The molecule has 0 spiro atoms. The van der Waals surface area contributed by atoms with E-state index in [4.69, 9.17) is 11.6 Å². The van der Waals surface area contributed by atoms with Crippen LogP contribution in [0, 0.1) is 5.82 Å². The van der Waals surface area contributed by atoms with E-state index in [1.54, 1.807) is 30.3 Å². The Kier molecular flexibility index (Phi) is 3.05. The molecule has 3 rings (SSSR count). The zero-order valence-corrected chi connectivity index (χ0v) is 11.2. The second kappa shape index (κ2) is 4.59. The number of nitrogens with zero attached hydrogens (tertiary/aromatic N) is 1. The zero-order valence-electron chi connectivity index (χ0n) is 9.59. The lowest BCUT2D eigenvalue weighted by atomic mass is 10.2. The molecule has 0 amide bonds. The molecule has 98 valence electrons. The minimum Gasteiger partial charge on any atom is -0.368 e. The summed E-state index contributed by atoms with van der Waals surface area (Å²) in [5.41, 5.74) is 0.798. The van der Waals surface area contributed by atoms with Gasteiger partial charge in [0.2, 0.25) is 0 Å². The average Bonchev–Trinajstić information content (AvgIpc) is 2.62. The number of aliphatic hydroxyl groups is 1. The first kappa shape index (κ1) is 12.6. The van der Waals surface area contributed by atoms with Crippen LogP contribution < -0.4 is 4.31 Å². The van der Waals surface area contributed by atoms with E-state index in [2.05, 4.69) is 0 Å². The van der Waals surface area contributed by atoms with Crippen LogP contribution in [0.1, 0.15) is 11.8 Å². The molecule has 0 aliphatic carbocycles. The first-order valence-corrected chi connectivity index (χ1v) is 7.01. The predicted molar refractivity (Wildman–Crippen MR) is 71.7 cm³/mol. The predicted octanol–water partition coefficient (Wildman–Crippen LogP) is 3.01. The number of fused-ring (bicyclic) bond motifs is 1. The maximum atomic E-state index is 13.8. The van der Waals surface area contributed by atoms with Crippen LogP contribution in [0.5, 0.6) is 0 Å². The topological polar surface area (TPSA) is 40.5 Å². The van der Waals surface area contributed by atoms with Crippen molar-refractivity contribution in [2.75, 3.05) is 4.31 Å². The fourth-order valence-electron chi connectivity index (χ4n) is 2.08. The first-order valence-electron chi connectivity index (χ1n) is 5.53. The molecule has 1 N–H and O–H groups in total. The molecule has 1 aliphatic heterocycles. The lowest BCUT2D eigenvalue weighted by molar-refractivity contribution is 0.193. The van der Waals surface area contributed by atoms with Crippen molar-refractivity contribution in [3.05, 3.63) is 58.9 Å². The molecular weight excluding hydrogens is 289 g/mol. The van der Waals surface area contributed by atoms with Crippen molar-refractivity contribution < 1.29 is 13.7 Å². The molecule has 0 saturated carbocycles. The van der Waals surface area contributed by atoms with Crippen LogP contribution in [0.2, 0.25) is 5.02 Å². The van der Waals surface area contributed by atoms with E-state index >= 15 is 0 Å². The van der Waals surface area contributed by atoms with E-state index in [1.807, 2.05) is 0 Å². The van der Waals surface area contributed by atoms with Crippen LogP contribution in [-0.4, -0.2) is 9.32 Å². The molecule has 0 saturated heterocycles. The summed E-state index contributed by atoms with van der Waals surface area (Å²) < 4.78 is 27.4. The molecule has 2 unspecified atom stereocenters. The summed E-state index contributed by atoms with van der Waals surface area (Å²) in [7, 11) is -1.79. The summed E-state index contributed by atoms with van der Waals surface area (Å²) in [5.74, 6) is -0.668. The van der Waals surface area contributed by atoms with Crippen LogP contribution in [0.4, 0.5) is 10.1 Å².